The molecule has 0 amide bonds. The fourth-order valence-corrected chi connectivity index (χ4v) is 6.84. The Hall–Kier alpha value is -2.63. The summed E-state index contributed by atoms with van der Waals surface area (Å²) in [4.78, 5) is 36.5. The predicted octanol–water partition coefficient (Wildman–Crippen LogP) is 4.96. The van der Waals surface area contributed by atoms with E-state index in [9.17, 15) is 19.5 Å². The van der Waals surface area contributed by atoms with E-state index in [2.05, 4.69) is 13.8 Å². The van der Waals surface area contributed by atoms with Crippen LogP contribution in [0.4, 0.5) is 0 Å². The first-order valence-corrected chi connectivity index (χ1v) is 12.5. The first-order chi connectivity index (χ1) is 16.1. The number of carbonyl (C=O) groups is 3. The standard InChI is InChI=1S/C28H36O6/c1-18(14-24(29)30)12-13-27(2)20(17-33-25(31)15-19-8-5-4-6-9-19)16-23-28(3)21(26(32)34-23)10-7-11-22(27)28/h4-6,8-10,18,20,22-23H,7,11-17H2,1-3H3,(H,29,30). The molecule has 6 heteroatoms. The highest BCUT2D eigenvalue weighted by atomic mass is 16.6. The zero-order chi connectivity index (χ0) is 24.5. The molecule has 6 atom stereocenters. The summed E-state index contributed by atoms with van der Waals surface area (Å²) in [5.74, 6) is -0.939. The van der Waals surface area contributed by atoms with Crippen LogP contribution in [-0.2, 0) is 30.3 Å². The molecule has 184 valence electrons. The van der Waals surface area contributed by atoms with Gasteiger partial charge in [-0.15, -0.1) is 0 Å². The van der Waals surface area contributed by atoms with Crippen molar-refractivity contribution < 1.29 is 29.0 Å². The molecule has 0 radical (unpaired) electrons. The first-order valence-electron chi connectivity index (χ1n) is 12.5. The third kappa shape index (κ3) is 4.51. The van der Waals surface area contributed by atoms with E-state index in [4.69, 9.17) is 9.47 Å². The fraction of sp³-hybridized carbons (Fsp3) is 0.607. The summed E-state index contributed by atoms with van der Waals surface area (Å²) < 4.78 is 11.7. The van der Waals surface area contributed by atoms with E-state index in [0.29, 0.717) is 6.42 Å². The number of carboxylic acid groups (broad SMARTS) is 1. The third-order valence-electron chi connectivity index (χ3n) is 8.81. The fourth-order valence-electron chi connectivity index (χ4n) is 6.84. The van der Waals surface area contributed by atoms with E-state index in [1.807, 2.05) is 43.3 Å². The van der Waals surface area contributed by atoms with Crippen LogP contribution in [0.1, 0.15) is 64.9 Å². The van der Waals surface area contributed by atoms with Gasteiger partial charge in [0.05, 0.1) is 13.0 Å². The number of carbonyl (C=O) groups excluding carboxylic acids is 2. The molecule has 1 aliphatic heterocycles. The molecule has 6 nitrogen and oxygen atoms in total. The van der Waals surface area contributed by atoms with Crippen molar-refractivity contribution in [2.45, 2.75) is 71.8 Å². The van der Waals surface area contributed by atoms with Crippen molar-refractivity contribution in [3.63, 3.8) is 0 Å². The number of hydrogen-bond acceptors (Lipinski definition) is 5. The number of rotatable bonds is 9. The summed E-state index contributed by atoms with van der Waals surface area (Å²) in [5.41, 5.74) is 1.18. The van der Waals surface area contributed by atoms with Crippen LogP contribution >= 0.6 is 0 Å². The van der Waals surface area contributed by atoms with Crippen LogP contribution in [0.15, 0.2) is 42.0 Å². The zero-order valence-electron chi connectivity index (χ0n) is 20.4. The molecule has 0 spiro atoms. The van der Waals surface area contributed by atoms with Gasteiger partial charge >= 0.3 is 17.9 Å². The minimum atomic E-state index is -0.780. The molecule has 1 aromatic carbocycles. The Morgan fingerprint density at radius 1 is 1.24 bits per heavy atom. The average Bonchev–Trinajstić information content (AvgIpc) is 3.04. The number of carboxylic acids is 1. The summed E-state index contributed by atoms with van der Waals surface area (Å²) in [6, 6.07) is 9.55. The lowest BCUT2D eigenvalue weighted by Crippen LogP contribution is -2.56. The smallest absolute Gasteiger partial charge is 0.334 e. The van der Waals surface area contributed by atoms with Crippen LogP contribution < -0.4 is 0 Å². The van der Waals surface area contributed by atoms with E-state index in [1.54, 1.807) is 0 Å². The van der Waals surface area contributed by atoms with E-state index < -0.39 is 5.97 Å². The minimum absolute atomic E-state index is 0.0394. The second kappa shape index (κ2) is 9.55. The van der Waals surface area contributed by atoms with Gasteiger partial charge in [-0.05, 0) is 54.9 Å². The van der Waals surface area contributed by atoms with E-state index >= 15 is 0 Å². The number of ether oxygens (including phenoxy) is 2. The van der Waals surface area contributed by atoms with Crippen molar-refractivity contribution >= 4 is 17.9 Å². The Kier molecular flexibility index (Phi) is 6.88. The molecule has 4 rings (SSSR count). The average molecular weight is 469 g/mol. The monoisotopic (exact) mass is 468 g/mol. The first kappa shape index (κ1) is 24.5. The molecule has 2 aliphatic carbocycles. The topological polar surface area (TPSA) is 89.9 Å². The maximum atomic E-state index is 12.7. The highest BCUT2D eigenvalue weighted by Gasteiger charge is 2.65. The van der Waals surface area contributed by atoms with Gasteiger partial charge in [-0.3, -0.25) is 9.59 Å². The van der Waals surface area contributed by atoms with Gasteiger partial charge in [-0.1, -0.05) is 57.2 Å². The molecular formula is C28H36O6. The predicted molar refractivity (Wildman–Crippen MR) is 127 cm³/mol. The lowest BCUT2D eigenvalue weighted by atomic mass is 9.46. The van der Waals surface area contributed by atoms with Crippen LogP contribution in [0.2, 0.25) is 0 Å². The zero-order valence-corrected chi connectivity index (χ0v) is 20.4. The summed E-state index contributed by atoms with van der Waals surface area (Å²) in [6.07, 6.45) is 6.25. The number of benzene rings is 1. The molecular weight excluding hydrogens is 432 g/mol. The van der Waals surface area contributed by atoms with Gasteiger partial charge in [0.15, 0.2) is 0 Å². The Bertz CT molecular complexity index is 968. The van der Waals surface area contributed by atoms with Crippen molar-refractivity contribution in [1.29, 1.82) is 0 Å². The van der Waals surface area contributed by atoms with Gasteiger partial charge in [0.1, 0.15) is 6.10 Å². The third-order valence-corrected chi connectivity index (χ3v) is 8.81. The van der Waals surface area contributed by atoms with Crippen LogP contribution in [0, 0.1) is 28.6 Å². The molecule has 34 heavy (non-hydrogen) atoms. The van der Waals surface area contributed by atoms with Crippen molar-refractivity contribution in [2.75, 3.05) is 6.61 Å². The lowest BCUT2D eigenvalue weighted by molar-refractivity contribution is -0.163. The van der Waals surface area contributed by atoms with Crippen molar-refractivity contribution in [3.05, 3.63) is 47.5 Å². The van der Waals surface area contributed by atoms with Gasteiger partial charge in [0.2, 0.25) is 0 Å². The maximum absolute atomic E-state index is 12.7. The van der Waals surface area contributed by atoms with E-state index in [-0.39, 0.29) is 66.1 Å². The number of hydrogen-bond donors (Lipinski definition) is 1. The van der Waals surface area contributed by atoms with Crippen LogP contribution in [-0.4, -0.2) is 35.7 Å². The second-order valence-corrected chi connectivity index (χ2v) is 10.9. The van der Waals surface area contributed by atoms with E-state index in [1.165, 1.54) is 0 Å². The Labute approximate surface area is 201 Å². The summed E-state index contributed by atoms with van der Waals surface area (Å²) in [7, 11) is 0. The molecule has 3 aliphatic rings. The van der Waals surface area contributed by atoms with Crippen LogP contribution in [0.5, 0.6) is 0 Å². The Morgan fingerprint density at radius 3 is 2.68 bits per heavy atom. The summed E-state index contributed by atoms with van der Waals surface area (Å²) in [5, 5.41) is 9.22. The minimum Gasteiger partial charge on any atom is -0.481 e. The number of allylic oxidation sites excluding steroid dienone is 1. The molecule has 1 heterocycles. The normalized spacial score (nSPS) is 32.9. The van der Waals surface area contributed by atoms with Gasteiger partial charge in [0, 0.05) is 23.3 Å². The summed E-state index contributed by atoms with van der Waals surface area (Å²) >= 11 is 0. The quantitative estimate of drug-likeness (QED) is 0.516. The number of esters is 2. The van der Waals surface area contributed by atoms with E-state index in [0.717, 1.165) is 36.8 Å². The molecule has 1 saturated carbocycles. The molecule has 1 aromatic rings. The Morgan fingerprint density at radius 2 is 1.97 bits per heavy atom. The number of aliphatic carboxylic acids is 1. The van der Waals surface area contributed by atoms with Crippen molar-refractivity contribution in [1.82, 2.24) is 0 Å². The van der Waals surface area contributed by atoms with Gasteiger partial charge < -0.3 is 14.6 Å². The van der Waals surface area contributed by atoms with Gasteiger partial charge in [-0.25, -0.2) is 4.79 Å². The van der Waals surface area contributed by atoms with Gasteiger partial charge in [-0.2, -0.15) is 0 Å². The molecule has 1 saturated heterocycles. The molecule has 0 bridgehead atoms. The molecule has 2 fully saturated rings. The highest BCUT2D eigenvalue weighted by molar-refractivity contribution is 5.93. The highest BCUT2D eigenvalue weighted by Crippen LogP contribution is 2.65. The SMILES string of the molecule is CC(CCC1(C)C(COC(=O)Cc2ccccc2)CC2OC(=O)C3=CCCC1C32C)CC(=O)O. The van der Waals surface area contributed by atoms with Crippen LogP contribution in [0.25, 0.3) is 0 Å². The van der Waals surface area contributed by atoms with Crippen LogP contribution in [0.3, 0.4) is 0 Å². The Balaban J connectivity index is 1.54. The largest absolute Gasteiger partial charge is 0.481 e. The van der Waals surface area contributed by atoms with Crippen molar-refractivity contribution in [3.8, 4) is 0 Å². The lowest BCUT2D eigenvalue weighted by Gasteiger charge is -2.57. The molecule has 1 N–H and O–H groups in total. The van der Waals surface area contributed by atoms with Crippen molar-refractivity contribution in [2.24, 2.45) is 28.6 Å². The maximum Gasteiger partial charge on any atom is 0.334 e. The van der Waals surface area contributed by atoms with Gasteiger partial charge in [0.25, 0.3) is 0 Å². The second-order valence-electron chi connectivity index (χ2n) is 10.9. The summed E-state index contributed by atoms with van der Waals surface area (Å²) in [6.45, 7) is 6.69. The molecule has 0 aromatic heterocycles. The molecule has 6 unspecified atom stereocenters.